The second-order valence-electron chi connectivity index (χ2n) is 3.92. The normalized spacial score (nSPS) is 36.6. The molecule has 0 aromatic heterocycles. The zero-order chi connectivity index (χ0) is 12.1. The Bertz CT molecular complexity index is 384. The Balaban J connectivity index is 2.36. The standard InChI is InChI=1S/C9H11NO5S/c1-9(8(14)15-2)6(7(12)13)10-4(11)3-5(10)16-9/h5-6H,3H2,1-2H3,(H,12,13). The summed E-state index contributed by atoms with van der Waals surface area (Å²) in [5, 5.41) is 8.91. The van der Waals surface area contributed by atoms with Crippen LogP contribution in [0.15, 0.2) is 0 Å². The van der Waals surface area contributed by atoms with Gasteiger partial charge in [-0.15, -0.1) is 11.8 Å². The lowest BCUT2D eigenvalue weighted by Crippen LogP contribution is -2.59. The van der Waals surface area contributed by atoms with E-state index >= 15 is 0 Å². The molecule has 2 aliphatic rings. The van der Waals surface area contributed by atoms with Crippen LogP contribution in [0.4, 0.5) is 0 Å². The van der Waals surface area contributed by atoms with Gasteiger partial charge >= 0.3 is 11.9 Å². The van der Waals surface area contributed by atoms with Gasteiger partial charge in [-0.2, -0.15) is 0 Å². The van der Waals surface area contributed by atoms with E-state index in [1.807, 2.05) is 0 Å². The van der Waals surface area contributed by atoms with E-state index in [0.717, 1.165) is 0 Å². The number of β-lactam (4-membered cyclic amide) rings is 1. The van der Waals surface area contributed by atoms with Gasteiger partial charge in [-0.3, -0.25) is 9.59 Å². The van der Waals surface area contributed by atoms with Crippen LogP contribution in [0.2, 0.25) is 0 Å². The molecule has 2 heterocycles. The third-order valence-corrected chi connectivity index (χ3v) is 4.50. The molecule has 0 saturated carbocycles. The Labute approximate surface area is 95.9 Å². The first kappa shape index (κ1) is 11.3. The number of nitrogens with zero attached hydrogens (tertiary/aromatic N) is 1. The van der Waals surface area contributed by atoms with E-state index in [1.165, 1.54) is 30.7 Å². The number of amides is 1. The summed E-state index contributed by atoms with van der Waals surface area (Å²) in [7, 11) is 1.21. The number of carboxylic acids is 1. The SMILES string of the molecule is COC(=O)C1(C)SC2CC(=O)N2C1C(=O)O. The van der Waals surface area contributed by atoms with Gasteiger partial charge in [0, 0.05) is 0 Å². The summed E-state index contributed by atoms with van der Waals surface area (Å²) in [6, 6.07) is -1.13. The Hall–Kier alpha value is -1.24. The maximum Gasteiger partial charge on any atom is 0.328 e. The zero-order valence-electron chi connectivity index (χ0n) is 8.80. The van der Waals surface area contributed by atoms with Crippen molar-refractivity contribution in [1.82, 2.24) is 4.90 Å². The lowest BCUT2D eigenvalue weighted by molar-refractivity contribution is -0.161. The van der Waals surface area contributed by atoms with Crippen LogP contribution >= 0.6 is 11.8 Å². The molecule has 2 aliphatic heterocycles. The van der Waals surface area contributed by atoms with Crippen molar-refractivity contribution in [3.8, 4) is 0 Å². The number of hydrogen-bond donors (Lipinski definition) is 1. The molecular weight excluding hydrogens is 234 g/mol. The molecule has 0 bridgehead atoms. The number of aliphatic carboxylic acids is 1. The molecule has 88 valence electrons. The fourth-order valence-electron chi connectivity index (χ4n) is 2.14. The van der Waals surface area contributed by atoms with E-state index in [0.29, 0.717) is 6.42 Å². The van der Waals surface area contributed by atoms with Gasteiger partial charge in [0.25, 0.3) is 0 Å². The van der Waals surface area contributed by atoms with Crippen molar-refractivity contribution in [3.63, 3.8) is 0 Å². The molecule has 2 fully saturated rings. The number of rotatable bonds is 2. The van der Waals surface area contributed by atoms with Gasteiger partial charge < -0.3 is 14.7 Å². The van der Waals surface area contributed by atoms with Gasteiger partial charge in [0.05, 0.1) is 18.9 Å². The van der Waals surface area contributed by atoms with E-state index in [2.05, 4.69) is 4.74 Å². The van der Waals surface area contributed by atoms with Gasteiger partial charge in [0.2, 0.25) is 5.91 Å². The van der Waals surface area contributed by atoms with Crippen molar-refractivity contribution in [2.45, 2.75) is 29.5 Å². The summed E-state index contributed by atoms with van der Waals surface area (Å²) in [5.74, 6) is -2.00. The van der Waals surface area contributed by atoms with Crippen LogP contribution < -0.4 is 0 Å². The van der Waals surface area contributed by atoms with Crippen molar-refractivity contribution in [1.29, 1.82) is 0 Å². The van der Waals surface area contributed by atoms with Gasteiger partial charge in [-0.1, -0.05) is 0 Å². The smallest absolute Gasteiger partial charge is 0.328 e. The Morgan fingerprint density at radius 3 is 2.69 bits per heavy atom. The molecule has 1 amide bonds. The fraction of sp³-hybridized carbons (Fsp3) is 0.667. The summed E-state index contributed by atoms with van der Waals surface area (Å²) in [6.07, 6.45) is 0.293. The lowest BCUT2D eigenvalue weighted by Gasteiger charge is -2.36. The summed E-state index contributed by atoms with van der Waals surface area (Å²) in [4.78, 5) is 35.4. The van der Waals surface area contributed by atoms with E-state index in [4.69, 9.17) is 5.11 Å². The average Bonchev–Trinajstić information content (AvgIpc) is 2.47. The summed E-state index contributed by atoms with van der Waals surface area (Å²) >= 11 is 1.19. The minimum atomic E-state index is -1.21. The molecular formula is C9H11NO5S. The number of carbonyl (C=O) groups is 3. The van der Waals surface area contributed by atoms with Crippen LogP contribution in [0.3, 0.4) is 0 Å². The Morgan fingerprint density at radius 1 is 1.62 bits per heavy atom. The minimum Gasteiger partial charge on any atom is -0.480 e. The van der Waals surface area contributed by atoms with E-state index in [9.17, 15) is 14.4 Å². The van der Waals surface area contributed by atoms with Crippen LogP contribution in [-0.2, 0) is 19.1 Å². The van der Waals surface area contributed by atoms with Crippen LogP contribution in [0.1, 0.15) is 13.3 Å². The predicted molar refractivity (Wildman–Crippen MR) is 54.7 cm³/mol. The highest BCUT2D eigenvalue weighted by Crippen LogP contribution is 2.51. The molecule has 3 unspecified atom stereocenters. The maximum atomic E-state index is 11.6. The largest absolute Gasteiger partial charge is 0.480 e. The lowest BCUT2D eigenvalue weighted by atomic mass is 9.96. The minimum absolute atomic E-state index is 0.210. The second kappa shape index (κ2) is 3.38. The van der Waals surface area contributed by atoms with Crippen molar-refractivity contribution < 1.29 is 24.2 Å². The van der Waals surface area contributed by atoms with Crippen molar-refractivity contribution in [3.05, 3.63) is 0 Å². The number of esters is 1. The molecule has 0 aromatic carbocycles. The summed E-state index contributed by atoms with van der Waals surface area (Å²) in [5.41, 5.74) is 0. The van der Waals surface area contributed by atoms with E-state index in [-0.39, 0.29) is 11.3 Å². The van der Waals surface area contributed by atoms with E-state index in [1.54, 1.807) is 0 Å². The topological polar surface area (TPSA) is 83.9 Å². The number of fused-ring (bicyclic) bond motifs is 1. The molecule has 2 rings (SSSR count). The highest BCUT2D eigenvalue weighted by atomic mass is 32.2. The third kappa shape index (κ3) is 1.24. The number of methoxy groups -OCH3 is 1. The van der Waals surface area contributed by atoms with Crippen molar-refractivity contribution in [2.75, 3.05) is 7.11 Å². The third-order valence-electron chi connectivity index (χ3n) is 2.95. The molecule has 0 aromatic rings. The van der Waals surface area contributed by atoms with Gasteiger partial charge in [-0.25, -0.2) is 4.79 Å². The van der Waals surface area contributed by atoms with Crippen molar-refractivity contribution >= 4 is 29.6 Å². The highest BCUT2D eigenvalue weighted by molar-refractivity contribution is 8.02. The average molecular weight is 245 g/mol. The molecule has 7 heteroatoms. The quantitative estimate of drug-likeness (QED) is 0.530. The molecule has 6 nitrogen and oxygen atoms in total. The first-order valence-corrected chi connectivity index (χ1v) is 5.60. The first-order valence-electron chi connectivity index (χ1n) is 4.72. The number of carboxylic acid groups (broad SMARTS) is 1. The number of carbonyl (C=O) groups excluding carboxylic acids is 2. The summed E-state index contributed by atoms with van der Waals surface area (Å²) in [6.45, 7) is 1.51. The van der Waals surface area contributed by atoms with Crippen LogP contribution in [0.25, 0.3) is 0 Å². The Morgan fingerprint density at radius 2 is 2.25 bits per heavy atom. The maximum absolute atomic E-state index is 11.6. The molecule has 0 aliphatic carbocycles. The predicted octanol–water partition coefficient (Wildman–Crippen LogP) is -0.324. The number of hydrogen-bond acceptors (Lipinski definition) is 5. The molecule has 2 saturated heterocycles. The molecule has 3 atom stereocenters. The van der Waals surface area contributed by atoms with Crippen molar-refractivity contribution in [2.24, 2.45) is 0 Å². The highest BCUT2D eigenvalue weighted by Gasteiger charge is 2.64. The van der Waals surface area contributed by atoms with E-state index < -0.39 is 22.7 Å². The molecule has 1 N–H and O–H groups in total. The number of ether oxygens (including phenoxy) is 1. The van der Waals surface area contributed by atoms with Crippen LogP contribution in [-0.4, -0.2) is 51.1 Å². The fourth-order valence-corrected chi connectivity index (χ4v) is 3.81. The summed E-state index contributed by atoms with van der Waals surface area (Å²) < 4.78 is 3.41. The molecule has 0 radical (unpaired) electrons. The molecule has 16 heavy (non-hydrogen) atoms. The molecule has 0 spiro atoms. The van der Waals surface area contributed by atoms with Gasteiger partial charge in [-0.05, 0) is 6.92 Å². The second-order valence-corrected chi connectivity index (χ2v) is 5.54. The first-order chi connectivity index (χ1) is 7.41. The van der Waals surface area contributed by atoms with Gasteiger partial charge in [0.15, 0.2) is 6.04 Å². The number of thioether (sulfide) groups is 1. The Kier molecular flexibility index (Phi) is 2.37. The van der Waals surface area contributed by atoms with Gasteiger partial charge in [0.1, 0.15) is 4.75 Å². The monoisotopic (exact) mass is 245 g/mol. The van der Waals surface area contributed by atoms with Crippen LogP contribution in [0, 0.1) is 0 Å². The zero-order valence-corrected chi connectivity index (χ0v) is 9.61. The van der Waals surface area contributed by atoms with Crippen LogP contribution in [0.5, 0.6) is 0 Å².